The molecule has 0 N–H and O–H groups in total. The molecule has 0 radical (unpaired) electrons. The van der Waals surface area contributed by atoms with Crippen molar-refractivity contribution in [1.29, 1.82) is 0 Å². The van der Waals surface area contributed by atoms with Gasteiger partial charge in [-0.2, -0.15) is 5.10 Å². The Bertz CT molecular complexity index is 623. The van der Waals surface area contributed by atoms with Crippen LogP contribution >= 0.6 is 11.6 Å². The first-order valence-corrected chi connectivity index (χ1v) is 6.93. The normalized spacial score (nSPS) is 11.2. The van der Waals surface area contributed by atoms with E-state index in [1.807, 2.05) is 24.7 Å². The van der Waals surface area contributed by atoms with Crippen LogP contribution in [0.4, 0.5) is 0 Å². The summed E-state index contributed by atoms with van der Waals surface area (Å²) in [7, 11) is 0. The largest absolute Gasteiger partial charge is 0.328 e. The molecule has 0 aromatic carbocycles. The van der Waals surface area contributed by atoms with Gasteiger partial charge in [0.1, 0.15) is 0 Å². The van der Waals surface area contributed by atoms with Gasteiger partial charge in [0.05, 0.1) is 23.0 Å². The van der Waals surface area contributed by atoms with Crippen molar-refractivity contribution >= 4 is 11.6 Å². The summed E-state index contributed by atoms with van der Waals surface area (Å²) in [5.41, 5.74) is 1.69. The summed E-state index contributed by atoms with van der Waals surface area (Å²) in [6.45, 7) is 7.89. The second kappa shape index (κ2) is 5.65. The first-order chi connectivity index (χ1) is 9.08. The van der Waals surface area contributed by atoms with Gasteiger partial charge < -0.3 is 0 Å². The predicted molar refractivity (Wildman–Crippen MR) is 75.7 cm³/mol. The van der Waals surface area contributed by atoms with Crippen LogP contribution in [0.15, 0.2) is 17.2 Å². The number of hydrogen-bond acceptors (Lipinski definition) is 2. The molecule has 0 aliphatic heterocycles. The minimum atomic E-state index is -0.000534. The van der Waals surface area contributed by atoms with Crippen molar-refractivity contribution in [2.45, 2.75) is 46.8 Å². The molecule has 2 aromatic heterocycles. The van der Waals surface area contributed by atoms with Gasteiger partial charge in [0.2, 0.25) is 0 Å². The second-order valence-electron chi connectivity index (χ2n) is 4.56. The van der Waals surface area contributed by atoms with E-state index in [1.165, 1.54) is 0 Å². The Hall–Kier alpha value is -1.49. The number of halogens is 1. The summed E-state index contributed by atoms with van der Waals surface area (Å²) in [5, 5.41) is 5.01. The highest BCUT2D eigenvalue weighted by molar-refractivity contribution is 6.31. The maximum absolute atomic E-state index is 12.1. The van der Waals surface area contributed by atoms with Crippen LogP contribution in [-0.4, -0.2) is 18.9 Å². The Morgan fingerprint density at radius 1 is 1.26 bits per heavy atom. The number of rotatable bonds is 5. The molecule has 19 heavy (non-hydrogen) atoms. The van der Waals surface area contributed by atoms with Crippen LogP contribution in [0.3, 0.4) is 0 Å². The van der Waals surface area contributed by atoms with Crippen LogP contribution in [0.1, 0.15) is 31.7 Å². The van der Waals surface area contributed by atoms with Crippen LogP contribution in [0.25, 0.3) is 0 Å². The Balaban J connectivity index is 2.34. The first-order valence-electron chi connectivity index (χ1n) is 6.55. The summed E-state index contributed by atoms with van der Waals surface area (Å²) in [5.74, 6) is 0. The average molecular weight is 283 g/mol. The van der Waals surface area contributed by atoms with Crippen LogP contribution < -0.4 is 5.69 Å². The van der Waals surface area contributed by atoms with E-state index in [0.29, 0.717) is 11.6 Å². The van der Waals surface area contributed by atoms with Crippen LogP contribution in [0.2, 0.25) is 5.02 Å². The smallest absolute Gasteiger partial charge is 0.299 e. The van der Waals surface area contributed by atoms with Gasteiger partial charge in [-0.05, 0) is 20.3 Å². The van der Waals surface area contributed by atoms with Gasteiger partial charge in [-0.3, -0.25) is 13.8 Å². The molecule has 0 atom stereocenters. The lowest BCUT2D eigenvalue weighted by atomic mass is 10.3. The fraction of sp³-hybridized carbons (Fsp3) is 0.538. The highest BCUT2D eigenvalue weighted by atomic mass is 35.5. The second-order valence-corrected chi connectivity index (χ2v) is 4.94. The molecule has 0 aliphatic rings. The summed E-state index contributed by atoms with van der Waals surface area (Å²) in [4.78, 5) is 12.1. The third-order valence-corrected chi connectivity index (χ3v) is 3.65. The van der Waals surface area contributed by atoms with Gasteiger partial charge >= 0.3 is 5.69 Å². The molecule has 5 nitrogen and oxygen atoms in total. The minimum Gasteiger partial charge on any atom is -0.299 e. The number of nitrogens with zero attached hydrogens (tertiary/aromatic N) is 4. The summed E-state index contributed by atoms with van der Waals surface area (Å²) >= 11 is 6.26. The molecule has 2 rings (SSSR count). The maximum Gasteiger partial charge on any atom is 0.328 e. The third-order valence-electron chi connectivity index (χ3n) is 3.16. The average Bonchev–Trinajstić information content (AvgIpc) is 2.87. The van der Waals surface area contributed by atoms with E-state index in [9.17, 15) is 4.79 Å². The maximum atomic E-state index is 12.1. The summed E-state index contributed by atoms with van der Waals surface area (Å²) < 4.78 is 5.23. The molecule has 0 saturated carbocycles. The van der Waals surface area contributed by atoms with Crippen molar-refractivity contribution in [2.24, 2.45) is 0 Å². The number of imidazole rings is 1. The van der Waals surface area contributed by atoms with Gasteiger partial charge in [0, 0.05) is 25.5 Å². The molecule has 0 aliphatic carbocycles. The monoisotopic (exact) mass is 282 g/mol. The first kappa shape index (κ1) is 13.9. The summed E-state index contributed by atoms with van der Waals surface area (Å²) in [6.07, 6.45) is 4.56. The zero-order chi connectivity index (χ0) is 14.0. The lowest BCUT2D eigenvalue weighted by Gasteiger charge is -2.05. The molecular formula is C13H19ClN4O. The third kappa shape index (κ3) is 2.61. The fourth-order valence-corrected chi connectivity index (χ4v) is 2.36. The van der Waals surface area contributed by atoms with Crippen molar-refractivity contribution < 1.29 is 0 Å². The lowest BCUT2D eigenvalue weighted by Crippen LogP contribution is -2.25. The van der Waals surface area contributed by atoms with Gasteiger partial charge in [-0.15, -0.1) is 0 Å². The highest BCUT2D eigenvalue weighted by Crippen LogP contribution is 2.20. The zero-order valence-corrected chi connectivity index (χ0v) is 12.3. The van der Waals surface area contributed by atoms with Crippen LogP contribution in [0.5, 0.6) is 0 Å². The van der Waals surface area contributed by atoms with E-state index in [4.69, 9.17) is 11.6 Å². The lowest BCUT2D eigenvalue weighted by molar-refractivity contribution is 0.577. The fourth-order valence-electron chi connectivity index (χ4n) is 2.17. The molecular weight excluding hydrogens is 264 g/mol. The number of aromatic nitrogens is 4. The number of hydrogen-bond donors (Lipinski definition) is 0. The Morgan fingerprint density at radius 2 is 1.95 bits per heavy atom. The minimum absolute atomic E-state index is 0.000534. The highest BCUT2D eigenvalue weighted by Gasteiger charge is 2.14. The van der Waals surface area contributed by atoms with E-state index >= 15 is 0 Å². The molecule has 0 saturated heterocycles. The zero-order valence-electron chi connectivity index (χ0n) is 11.6. The Kier molecular flexibility index (Phi) is 4.14. The summed E-state index contributed by atoms with van der Waals surface area (Å²) in [6, 6.07) is 0. The van der Waals surface area contributed by atoms with Crippen molar-refractivity contribution in [2.75, 3.05) is 0 Å². The van der Waals surface area contributed by atoms with E-state index in [1.54, 1.807) is 15.3 Å². The molecule has 6 heteroatoms. The molecule has 0 bridgehead atoms. The molecule has 2 heterocycles. The quantitative estimate of drug-likeness (QED) is 0.844. The molecule has 0 fully saturated rings. The van der Waals surface area contributed by atoms with Gasteiger partial charge in [0.25, 0.3) is 0 Å². The van der Waals surface area contributed by atoms with Crippen molar-refractivity contribution in [1.82, 2.24) is 18.9 Å². The van der Waals surface area contributed by atoms with E-state index in [0.717, 1.165) is 30.9 Å². The number of aryl methyl sites for hydroxylation is 3. The Labute approximate surface area is 117 Å². The van der Waals surface area contributed by atoms with Gasteiger partial charge in [-0.25, -0.2) is 4.79 Å². The molecule has 0 spiro atoms. The SMILES string of the molecule is CCCn1ccn(Cc2c(Cl)c(C)nn2CC)c1=O. The van der Waals surface area contributed by atoms with Crippen molar-refractivity contribution in [3.05, 3.63) is 39.3 Å². The van der Waals surface area contributed by atoms with Crippen LogP contribution in [0, 0.1) is 6.92 Å². The van der Waals surface area contributed by atoms with Gasteiger partial charge in [-0.1, -0.05) is 18.5 Å². The van der Waals surface area contributed by atoms with Crippen molar-refractivity contribution in [3.8, 4) is 0 Å². The standard InChI is InChI=1S/C13H19ClN4O/c1-4-6-16-7-8-17(13(16)19)9-11-12(14)10(3)15-18(11)5-2/h7-8H,4-6,9H2,1-3H3. The van der Waals surface area contributed by atoms with Gasteiger partial charge in [0.15, 0.2) is 0 Å². The molecule has 0 unspecified atom stereocenters. The molecule has 2 aromatic rings. The van der Waals surface area contributed by atoms with E-state index in [2.05, 4.69) is 12.0 Å². The molecule has 104 valence electrons. The topological polar surface area (TPSA) is 44.8 Å². The Morgan fingerprint density at radius 3 is 2.58 bits per heavy atom. The van der Waals surface area contributed by atoms with Crippen molar-refractivity contribution in [3.63, 3.8) is 0 Å². The van der Waals surface area contributed by atoms with E-state index in [-0.39, 0.29) is 5.69 Å². The predicted octanol–water partition coefficient (Wildman–Crippen LogP) is 2.29. The molecule has 0 amide bonds. The van der Waals surface area contributed by atoms with E-state index < -0.39 is 0 Å². The van der Waals surface area contributed by atoms with Crippen LogP contribution in [-0.2, 0) is 19.6 Å².